The summed E-state index contributed by atoms with van der Waals surface area (Å²) in [4.78, 5) is 0.161. The fraction of sp³-hybridized carbons (Fsp3) is 0.143. The van der Waals surface area contributed by atoms with Gasteiger partial charge in [0.1, 0.15) is 4.90 Å². The van der Waals surface area contributed by atoms with Crippen molar-refractivity contribution in [1.82, 2.24) is 4.31 Å². The lowest BCUT2D eigenvalue weighted by atomic mass is 10.1. The molecule has 0 N–H and O–H groups in total. The van der Waals surface area contributed by atoms with E-state index in [1.54, 1.807) is 18.2 Å². The van der Waals surface area contributed by atoms with Crippen molar-refractivity contribution >= 4 is 37.6 Å². The zero-order valence-corrected chi connectivity index (χ0v) is 13.5. The normalized spacial score (nSPS) is 15.3. The molecule has 0 aliphatic carbocycles. The van der Waals surface area contributed by atoms with Crippen LogP contribution in [-0.2, 0) is 23.1 Å². The lowest BCUT2D eigenvalue weighted by Gasteiger charge is -2.16. The molecule has 2 aromatic carbocycles. The highest BCUT2D eigenvalue weighted by atomic mass is 79.9. The Hall–Kier alpha value is -0.880. The van der Waals surface area contributed by atoms with Crippen molar-refractivity contribution < 1.29 is 8.42 Å². The number of benzene rings is 2. The lowest BCUT2D eigenvalue weighted by molar-refractivity contribution is 0.431. The molecular weight excluding hydrogens is 362 g/mol. The van der Waals surface area contributed by atoms with E-state index in [1.165, 1.54) is 10.4 Å². The minimum Gasteiger partial charge on any atom is -0.207 e. The monoisotopic (exact) mass is 371 g/mol. The zero-order valence-electron chi connectivity index (χ0n) is 10.4. The number of sulfonamides is 1. The molecule has 3 rings (SSSR count). The molecule has 0 atom stereocenters. The molecule has 0 amide bonds. The van der Waals surface area contributed by atoms with Gasteiger partial charge in [0.2, 0.25) is 10.0 Å². The summed E-state index contributed by atoms with van der Waals surface area (Å²) in [5.74, 6) is 0. The van der Waals surface area contributed by atoms with Crippen molar-refractivity contribution in [2.24, 2.45) is 0 Å². The molecule has 1 heterocycles. The first-order valence-electron chi connectivity index (χ1n) is 6.00. The van der Waals surface area contributed by atoms with E-state index in [1.807, 2.05) is 18.2 Å². The maximum atomic E-state index is 12.6. The minimum absolute atomic E-state index is 0.161. The number of fused-ring (bicyclic) bond motifs is 1. The Balaban J connectivity index is 1.98. The van der Waals surface area contributed by atoms with Crippen molar-refractivity contribution in [2.75, 3.05) is 0 Å². The summed E-state index contributed by atoms with van der Waals surface area (Å²) in [7, 11) is -3.56. The first kappa shape index (κ1) is 14.1. The van der Waals surface area contributed by atoms with E-state index in [0.29, 0.717) is 13.1 Å². The van der Waals surface area contributed by atoms with Gasteiger partial charge >= 0.3 is 0 Å². The van der Waals surface area contributed by atoms with Gasteiger partial charge in [0.25, 0.3) is 0 Å². The second-order valence-electron chi connectivity index (χ2n) is 4.62. The highest BCUT2D eigenvalue weighted by Gasteiger charge is 2.31. The van der Waals surface area contributed by atoms with Crippen molar-refractivity contribution in [3.05, 3.63) is 63.1 Å². The summed E-state index contributed by atoms with van der Waals surface area (Å²) >= 11 is 9.41. The Morgan fingerprint density at radius 2 is 1.75 bits per heavy atom. The average molecular weight is 373 g/mol. The standard InChI is InChI=1S/C14H11BrClNO2S/c15-12-6-5-10-8-17(9-11(10)7-12)20(18,19)14-4-2-1-3-13(14)16/h1-7H,8-9H2. The van der Waals surface area contributed by atoms with E-state index in [-0.39, 0.29) is 9.92 Å². The van der Waals surface area contributed by atoms with Crippen molar-refractivity contribution in [3.63, 3.8) is 0 Å². The molecule has 1 aliphatic rings. The van der Waals surface area contributed by atoms with Crippen molar-refractivity contribution in [3.8, 4) is 0 Å². The van der Waals surface area contributed by atoms with Gasteiger partial charge in [0.05, 0.1) is 5.02 Å². The van der Waals surface area contributed by atoms with Crippen LogP contribution in [0.1, 0.15) is 11.1 Å². The Bertz CT molecular complexity index is 776. The van der Waals surface area contributed by atoms with Crippen LogP contribution in [0, 0.1) is 0 Å². The molecule has 0 radical (unpaired) electrons. The van der Waals surface area contributed by atoms with Gasteiger partial charge in [-0.25, -0.2) is 8.42 Å². The number of hydrogen-bond acceptors (Lipinski definition) is 2. The lowest BCUT2D eigenvalue weighted by Crippen LogP contribution is -2.25. The zero-order chi connectivity index (χ0) is 14.3. The molecule has 1 aliphatic heterocycles. The summed E-state index contributed by atoms with van der Waals surface area (Å²) in [6, 6.07) is 12.4. The van der Waals surface area contributed by atoms with Gasteiger partial charge in [-0.2, -0.15) is 4.31 Å². The Morgan fingerprint density at radius 1 is 1.05 bits per heavy atom. The quantitative estimate of drug-likeness (QED) is 0.804. The van der Waals surface area contributed by atoms with Crippen LogP contribution >= 0.6 is 27.5 Å². The third kappa shape index (κ3) is 2.39. The average Bonchev–Trinajstić information content (AvgIpc) is 2.82. The van der Waals surface area contributed by atoms with Gasteiger partial charge in [0.15, 0.2) is 0 Å². The van der Waals surface area contributed by atoms with Gasteiger partial charge in [-0.05, 0) is 35.4 Å². The van der Waals surface area contributed by atoms with Crippen LogP contribution in [0.3, 0.4) is 0 Å². The predicted octanol–water partition coefficient (Wildman–Crippen LogP) is 3.81. The summed E-state index contributed by atoms with van der Waals surface area (Å²) in [6.07, 6.45) is 0. The molecule has 20 heavy (non-hydrogen) atoms. The molecular formula is C14H11BrClNO2S. The molecule has 6 heteroatoms. The van der Waals surface area contributed by atoms with Gasteiger partial charge in [-0.15, -0.1) is 0 Å². The van der Waals surface area contributed by atoms with Crippen molar-refractivity contribution in [1.29, 1.82) is 0 Å². The first-order valence-corrected chi connectivity index (χ1v) is 8.61. The van der Waals surface area contributed by atoms with Gasteiger partial charge in [-0.3, -0.25) is 0 Å². The summed E-state index contributed by atoms with van der Waals surface area (Å²) in [6.45, 7) is 0.762. The van der Waals surface area contributed by atoms with Crippen LogP contribution in [-0.4, -0.2) is 12.7 Å². The third-order valence-electron chi connectivity index (χ3n) is 3.32. The molecule has 3 nitrogen and oxygen atoms in total. The molecule has 0 spiro atoms. The van der Waals surface area contributed by atoms with E-state index < -0.39 is 10.0 Å². The molecule has 0 unspecified atom stereocenters. The van der Waals surface area contributed by atoms with E-state index in [4.69, 9.17) is 11.6 Å². The maximum absolute atomic E-state index is 12.6. The molecule has 0 aromatic heterocycles. The Labute approximate surface area is 131 Å². The fourth-order valence-electron chi connectivity index (χ4n) is 2.29. The molecule has 0 saturated heterocycles. The van der Waals surface area contributed by atoms with Gasteiger partial charge in [0, 0.05) is 17.6 Å². The number of rotatable bonds is 2. The van der Waals surface area contributed by atoms with Crippen molar-refractivity contribution in [2.45, 2.75) is 18.0 Å². The topological polar surface area (TPSA) is 37.4 Å². The molecule has 0 bridgehead atoms. The van der Waals surface area contributed by atoms with E-state index in [2.05, 4.69) is 15.9 Å². The van der Waals surface area contributed by atoms with E-state index >= 15 is 0 Å². The van der Waals surface area contributed by atoms with Crippen LogP contribution in [0.4, 0.5) is 0 Å². The van der Waals surface area contributed by atoms with E-state index in [0.717, 1.165) is 15.6 Å². The number of nitrogens with zero attached hydrogens (tertiary/aromatic N) is 1. The first-order chi connectivity index (χ1) is 9.48. The smallest absolute Gasteiger partial charge is 0.207 e. The molecule has 104 valence electrons. The number of hydrogen-bond donors (Lipinski definition) is 0. The van der Waals surface area contributed by atoms with Gasteiger partial charge < -0.3 is 0 Å². The summed E-state index contributed by atoms with van der Waals surface area (Å²) in [5, 5.41) is 0.254. The third-order valence-corrected chi connectivity index (χ3v) is 6.10. The highest BCUT2D eigenvalue weighted by molar-refractivity contribution is 9.10. The van der Waals surface area contributed by atoms with Crippen LogP contribution < -0.4 is 0 Å². The summed E-state index contributed by atoms with van der Waals surface area (Å²) < 4.78 is 27.7. The second kappa shape index (κ2) is 5.15. The van der Waals surface area contributed by atoms with Crippen LogP contribution in [0.5, 0.6) is 0 Å². The SMILES string of the molecule is O=S(=O)(c1ccccc1Cl)N1Cc2ccc(Br)cc2C1. The molecule has 2 aromatic rings. The number of halogens is 2. The predicted molar refractivity (Wildman–Crippen MR) is 82.0 cm³/mol. The van der Waals surface area contributed by atoms with Gasteiger partial charge in [-0.1, -0.05) is 45.7 Å². The molecule has 0 saturated carbocycles. The second-order valence-corrected chi connectivity index (χ2v) is 7.85. The highest BCUT2D eigenvalue weighted by Crippen LogP contribution is 2.32. The summed E-state index contributed by atoms with van der Waals surface area (Å²) in [5.41, 5.74) is 2.05. The fourth-order valence-corrected chi connectivity index (χ4v) is 4.59. The molecule has 0 fully saturated rings. The maximum Gasteiger partial charge on any atom is 0.245 e. The Morgan fingerprint density at radius 3 is 2.50 bits per heavy atom. The largest absolute Gasteiger partial charge is 0.245 e. The van der Waals surface area contributed by atoms with E-state index in [9.17, 15) is 8.42 Å². The van der Waals surface area contributed by atoms with Crippen LogP contribution in [0.2, 0.25) is 5.02 Å². The van der Waals surface area contributed by atoms with Crippen LogP contribution in [0.25, 0.3) is 0 Å². The Kier molecular flexibility index (Phi) is 3.62. The minimum atomic E-state index is -3.56. The van der Waals surface area contributed by atoms with Crippen LogP contribution in [0.15, 0.2) is 51.8 Å².